The van der Waals surface area contributed by atoms with E-state index in [1.165, 1.54) is 4.68 Å². The van der Waals surface area contributed by atoms with E-state index in [-0.39, 0.29) is 11.7 Å². The van der Waals surface area contributed by atoms with Gasteiger partial charge in [0.15, 0.2) is 0 Å². The highest BCUT2D eigenvalue weighted by molar-refractivity contribution is 5.90. The van der Waals surface area contributed by atoms with Gasteiger partial charge in [0.1, 0.15) is 17.5 Å². The summed E-state index contributed by atoms with van der Waals surface area (Å²) in [5, 5.41) is 23.1. The molecule has 1 atom stereocenters. The largest absolute Gasteiger partial charge is 0.494 e. The molecule has 8 heteroatoms. The molecule has 0 saturated heterocycles. The van der Waals surface area contributed by atoms with Gasteiger partial charge in [0.05, 0.1) is 6.61 Å². The third-order valence-corrected chi connectivity index (χ3v) is 3.09. The van der Waals surface area contributed by atoms with Gasteiger partial charge in [0.2, 0.25) is 5.95 Å². The van der Waals surface area contributed by atoms with Gasteiger partial charge in [-0.3, -0.25) is 0 Å². The van der Waals surface area contributed by atoms with Crippen LogP contribution in [0.25, 0.3) is 0 Å². The summed E-state index contributed by atoms with van der Waals surface area (Å²) in [6, 6.07) is 7.02. The first-order valence-electron chi connectivity index (χ1n) is 6.42. The number of carbonyl (C=O) groups is 1. The Bertz CT molecular complexity index is 692. The molecule has 2 N–H and O–H groups in total. The lowest BCUT2D eigenvalue weighted by molar-refractivity contribution is -0.132. The highest BCUT2D eigenvalue weighted by Gasteiger charge is 2.26. The van der Waals surface area contributed by atoms with E-state index >= 15 is 0 Å². The van der Waals surface area contributed by atoms with Crippen LogP contribution in [0.5, 0.6) is 5.75 Å². The number of ether oxygens (including phenoxy) is 1. The minimum Gasteiger partial charge on any atom is -0.494 e. The van der Waals surface area contributed by atoms with Gasteiger partial charge in [-0.05, 0) is 41.1 Å². The van der Waals surface area contributed by atoms with Gasteiger partial charge >= 0.3 is 5.97 Å². The Hall–Kier alpha value is -2.90. The van der Waals surface area contributed by atoms with Crippen LogP contribution in [0, 0.1) is 0 Å². The van der Waals surface area contributed by atoms with Crippen molar-refractivity contribution in [2.24, 2.45) is 0 Å². The lowest BCUT2D eigenvalue weighted by atomic mass is 10.0. The average Bonchev–Trinajstić information content (AvgIpc) is 2.95. The second kappa shape index (κ2) is 5.23. The van der Waals surface area contributed by atoms with Crippen molar-refractivity contribution in [1.29, 1.82) is 0 Å². The molecular formula is C13H13N5O3. The zero-order valence-electron chi connectivity index (χ0n) is 11.2. The van der Waals surface area contributed by atoms with Gasteiger partial charge < -0.3 is 15.2 Å². The zero-order chi connectivity index (χ0) is 14.8. The molecule has 108 valence electrons. The van der Waals surface area contributed by atoms with E-state index in [0.717, 1.165) is 11.3 Å². The standard InChI is InChI=1S/C13H13N5O3/c1-2-21-9-5-3-8(4-6-9)11-7-10(12(19)20)14-13-15-16-17-18(11)13/h3-7,11H,2H2,1H3,(H,19,20)(H,14,15,17)/t11-/m0/s1. The summed E-state index contributed by atoms with van der Waals surface area (Å²) in [4.78, 5) is 11.2. The molecule has 21 heavy (non-hydrogen) atoms. The summed E-state index contributed by atoms with van der Waals surface area (Å²) in [6.07, 6.45) is 1.57. The summed E-state index contributed by atoms with van der Waals surface area (Å²) in [5.74, 6) is 0.00327. The van der Waals surface area contributed by atoms with Crippen LogP contribution in [0.2, 0.25) is 0 Å². The minimum absolute atomic E-state index is 0.0520. The third kappa shape index (κ3) is 2.42. The van der Waals surface area contributed by atoms with Crippen molar-refractivity contribution in [3.05, 3.63) is 41.6 Å². The number of fused-ring (bicyclic) bond motifs is 1. The summed E-state index contributed by atoms with van der Waals surface area (Å²) < 4.78 is 6.92. The Balaban J connectivity index is 1.98. The van der Waals surface area contributed by atoms with Crippen LogP contribution < -0.4 is 10.1 Å². The number of benzene rings is 1. The van der Waals surface area contributed by atoms with Crippen LogP contribution in [0.3, 0.4) is 0 Å². The monoisotopic (exact) mass is 287 g/mol. The normalized spacial score (nSPS) is 16.6. The van der Waals surface area contributed by atoms with Crippen molar-refractivity contribution in [3.8, 4) is 5.75 Å². The quantitative estimate of drug-likeness (QED) is 0.866. The van der Waals surface area contributed by atoms with Crippen LogP contribution in [-0.2, 0) is 4.79 Å². The van der Waals surface area contributed by atoms with E-state index in [1.54, 1.807) is 6.08 Å². The zero-order valence-corrected chi connectivity index (χ0v) is 11.2. The molecule has 0 radical (unpaired) electrons. The number of anilines is 1. The number of nitrogens with zero attached hydrogens (tertiary/aromatic N) is 4. The molecule has 0 aliphatic carbocycles. The molecule has 0 saturated carbocycles. The number of tetrazole rings is 1. The fourth-order valence-electron chi connectivity index (χ4n) is 2.14. The molecule has 2 aromatic rings. The topological polar surface area (TPSA) is 102 Å². The molecule has 1 aliphatic heterocycles. The fourth-order valence-corrected chi connectivity index (χ4v) is 2.14. The van der Waals surface area contributed by atoms with Crippen molar-refractivity contribution in [1.82, 2.24) is 20.2 Å². The molecule has 0 amide bonds. The summed E-state index contributed by atoms with van der Waals surface area (Å²) in [5.41, 5.74) is 0.920. The Morgan fingerprint density at radius 2 is 2.19 bits per heavy atom. The first kappa shape index (κ1) is 13.1. The molecule has 3 rings (SSSR count). The molecule has 0 spiro atoms. The Kier molecular flexibility index (Phi) is 3.27. The highest BCUT2D eigenvalue weighted by Crippen LogP contribution is 2.28. The average molecular weight is 287 g/mol. The number of aliphatic carboxylic acids is 1. The lowest BCUT2D eigenvalue weighted by Gasteiger charge is -2.21. The summed E-state index contributed by atoms with van der Waals surface area (Å²) >= 11 is 0. The van der Waals surface area contributed by atoms with E-state index in [0.29, 0.717) is 12.6 Å². The van der Waals surface area contributed by atoms with Crippen molar-refractivity contribution in [3.63, 3.8) is 0 Å². The van der Waals surface area contributed by atoms with Crippen molar-refractivity contribution in [2.75, 3.05) is 11.9 Å². The van der Waals surface area contributed by atoms with Gasteiger partial charge in [-0.1, -0.05) is 17.2 Å². The number of carboxylic acids is 1. The second-order valence-electron chi connectivity index (χ2n) is 4.40. The molecule has 0 unspecified atom stereocenters. The number of hydrogen-bond acceptors (Lipinski definition) is 6. The molecule has 0 bridgehead atoms. The van der Waals surface area contributed by atoms with E-state index in [4.69, 9.17) is 9.84 Å². The number of rotatable bonds is 4. The molecule has 1 aromatic heterocycles. The van der Waals surface area contributed by atoms with Gasteiger partial charge in [-0.2, -0.15) is 4.68 Å². The van der Waals surface area contributed by atoms with Crippen LogP contribution in [0.4, 0.5) is 5.95 Å². The number of carboxylic acid groups (broad SMARTS) is 1. The lowest BCUT2D eigenvalue weighted by Crippen LogP contribution is -2.24. The highest BCUT2D eigenvalue weighted by atomic mass is 16.5. The van der Waals surface area contributed by atoms with Gasteiger partial charge in [-0.25, -0.2) is 4.79 Å². The van der Waals surface area contributed by atoms with E-state index < -0.39 is 5.97 Å². The molecule has 1 aliphatic rings. The predicted molar refractivity (Wildman–Crippen MR) is 72.9 cm³/mol. The number of nitrogens with one attached hydrogen (secondary N) is 1. The van der Waals surface area contributed by atoms with Crippen molar-refractivity contribution < 1.29 is 14.6 Å². The van der Waals surface area contributed by atoms with Crippen molar-refractivity contribution in [2.45, 2.75) is 13.0 Å². The third-order valence-electron chi connectivity index (χ3n) is 3.09. The van der Waals surface area contributed by atoms with Crippen LogP contribution in [-0.4, -0.2) is 37.9 Å². The smallest absolute Gasteiger partial charge is 0.352 e. The number of aromatic nitrogens is 4. The molecule has 8 nitrogen and oxygen atoms in total. The molecule has 0 fully saturated rings. The van der Waals surface area contributed by atoms with Gasteiger partial charge in [0, 0.05) is 0 Å². The first-order valence-corrected chi connectivity index (χ1v) is 6.42. The van der Waals surface area contributed by atoms with Crippen LogP contribution in [0.15, 0.2) is 36.0 Å². The van der Waals surface area contributed by atoms with Crippen molar-refractivity contribution >= 4 is 11.9 Å². The summed E-state index contributed by atoms with van der Waals surface area (Å²) in [6.45, 7) is 2.50. The minimum atomic E-state index is -1.06. The van der Waals surface area contributed by atoms with E-state index in [2.05, 4.69) is 20.8 Å². The Labute approximate surface area is 120 Å². The maximum Gasteiger partial charge on any atom is 0.352 e. The van der Waals surface area contributed by atoms with Gasteiger partial charge in [-0.15, -0.1) is 0 Å². The van der Waals surface area contributed by atoms with E-state index in [9.17, 15) is 4.79 Å². The number of hydrogen-bond donors (Lipinski definition) is 2. The molecular weight excluding hydrogens is 274 g/mol. The van der Waals surface area contributed by atoms with Crippen LogP contribution >= 0.6 is 0 Å². The van der Waals surface area contributed by atoms with Crippen LogP contribution in [0.1, 0.15) is 18.5 Å². The fraction of sp³-hybridized carbons (Fsp3) is 0.231. The second-order valence-corrected chi connectivity index (χ2v) is 4.40. The number of allylic oxidation sites excluding steroid dienone is 1. The maximum absolute atomic E-state index is 11.2. The Morgan fingerprint density at radius 1 is 1.43 bits per heavy atom. The Morgan fingerprint density at radius 3 is 2.86 bits per heavy atom. The maximum atomic E-state index is 11.2. The molecule has 1 aromatic carbocycles. The first-order chi connectivity index (χ1) is 10.2. The van der Waals surface area contributed by atoms with E-state index in [1.807, 2.05) is 31.2 Å². The summed E-state index contributed by atoms with van der Waals surface area (Å²) in [7, 11) is 0. The molecule has 2 heterocycles. The SMILES string of the molecule is CCOc1ccc([C@@H]2C=C(C(=O)O)Nc3nnnn32)cc1. The predicted octanol–water partition coefficient (Wildman–Crippen LogP) is 1.06. The van der Waals surface area contributed by atoms with Gasteiger partial charge in [0.25, 0.3) is 0 Å².